The van der Waals surface area contributed by atoms with E-state index in [1.54, 1.807) is 36.3 Å². The summed E-state index contributed by atoms with van der Waals surface area (Å²) in [7, 11) is -1.51. The van der Waals surface area contributed by atoms with Gasteiger partial charge < -0.3 is 9.64 Å². The largest absolute Gasteiger partial charge is 0.497 e. The Balaban J connectivity index is 1.91. The number of carbonyl (C=O) groups excluding carboxylic acids is 1. The van der Waals surface area contributed by atoms with Gasteiger partial charge in [-0.2, -0.15) is 0 Å². The molecule has 132 valence electrons. The van der Waals surface area contributed by atoms with Crippen LogP contribution in [0.15, 0.2) is 42.5 Å². The van der Waals surface area contributed by atoms with Crippen molar-refractivity contribution < 1.29 is 17.9 Å². The second-order valence-corrected chi connectivity index (χ2v) is 8.47. The lowest BCUT2D eigenvalue weighted by Crippen LogP contribution is -2.35. The average molecular weight is 359 g/mol. The summed E-state index contributed by atoms with van der Waals surface area (Å²) < 4.78 is 28.3. The summed E-state index contributed by atoms with van der Waals surface area (Å²) >= 11 is 0. The quantitative estimate of drug-likeness (QED) is 0.842. The van der Waals surface area contributed by atoms with Crippen LogP contribution in [0, 0.1) is 0 Å². The zero-order chi connectivity index (χ0) is 18.0. The summed E-state index contributed by atoms with van der Waals surface area (Å²) in [5.74, 6) is 0.603. The lowest BCUT2D eigenvalue weighted by Gasteiger charge is -2.30. The number of hydrogen-bond donors (Lipinski definition) is 0. The Bertz CT molecular complexity index is 905. The number of hydrogen-bond acceptors (Lipinski definition) is 4. The van der Waals surface area contributed by atoms with E-state index in [1.165, 1.54) is 6.26 Å². The lowest BCUT2D eigenvalue weighted by atomic mass is 10.00. The van der Waals surface area contributed by atoms with Gasteiger partial charge in [0.2, 0.25) is 0 Å². The van der Waals surface area contributed by atoms with Gasteiger partial charge in [-0.3, -0.25) is 4.79 Å². The van der Waals surface area contributed by atoms with Crippen molar-refractivity contribution in [2.45, 2.75) is 18.6 Å². The Hall–Kier alpha value is -2.34. The molecule has 1 heterocycles. The highest BCUT2D eigenvalue weighted by Gasteiger charge is 2.24. The molecule has 0 aliphatic carbocycles. The number of amides is 1. The molecule has 5 nitrogen and oxygen atoms in total. The predicted molar refractivity (Wildman–Crippen MR) is 98.0 cm³/mol. The predicted octanol–water partition coefficient (Wildman–Crippen LogP) is 2.83. The van der Waals surface area contributed by atoms with E-state index in [4.69, 9.17) is 4.74 Å². The molecule has 0 saturated heterocycles. The maximum absolute atomic E-state index is 13.0. The molecule has 0 unspecified atom stereocenters. The van der Waals surface area contributed by atoms with Gasteiger partial charge >= 0.3 is 0 Å². The number of anilines is 1. The Morgan fingerprint density at radius 2 is 2.00 bits per heavy atom. The Kier molecular flexibility index (Phi) is 4.81. The Morgan fingerprint density at radius 3 is 2.72 bits per heavy atom. The smallest absolute Gasteiger partial charge is 0.258 e. The molecule has 0 spiro atoms. The zero-order valence-electron chi connectivity index (χ0n) is 14.4. The molecule has 0 fully saturated rings. The molecule has 3 rings (SSSR count). The molecule has 0 bridgehead atoms. The molecule has 0 N–H and O–H groups in total. The number of carbonyl (C=O) groups is 1. The van der Waals surface area contributed by atoms with E-state index in [0.717, 1.165) is 29.8 Å². The highest BCUT2D eigenvalue weighted by molar-refractivity contribution is 7.89. The van der Waals surface area contributed by atoms with Crippen LogP contribution in [0.2, 0.25) is 0 Å². The van der Waals surface area contributed by atoms with Crippen LogP contribution in [0.4, 0.5) is 5.69 Å². The Labute approximate surface area is 148 Å². The van der Waals surface area contributed by atoms with Crippen molar-refractivity contribution >= 4 is 21.4 Å². The van der Waals surface area contributed by atoms with E-state index in [9.17, 15) is 13.2 Å². The van der Waals surface area contributed by atoms with Gasteiger partial charge in [-0.15, -0.1) is 0 Å². The number of fused-ring (bicyclic) bond motifs is 1. The van der Waals surface area contributed by atoms with Crippen LogP contribution in [0.3, 0.4) is 0 Å². The van der Waals surface area contributed by atoms with E-state index < -0.39 is 9.84 Å². The summed E-state index contributed by atoms with van der Waals surface area (Å²) in [5, 5.41) is 0. The maximum atomic E-state index is 13.0. The first-order valence-electron chi connectivity index (χ1n) is 8.13. The number of nitrogens with zero attached hydrogens (tertiary/aromatic N) is 1. The van der Waals surface area contributed by atoms with Crippen LogP contribution in [-0.2, 0) is 22.0 Å². The normalized spacial score (nSPS) is 14.1. The minimum absolute atomic E-state index is 0.0676. The van der Waals surface area contributed by atoms with Gasteiger partial charge in [-0.1, -0.05) is 12.1 Å². The van der Waals surface area contributed by atoms with E-state index in [-0.39, 0.29) is 11.7 Å². The fourth-order valence-corrected chi connectivity index (χ4v) is 3.95. The fourth-order valence-electron chi connectivity index (χ4n) is 3.16. The summed E-state index contributed by atoms with van der Waals surface area (Å²) in [4.78, 5) is 14.7. The summed E-state index contributed by atoms with van der Waals surface area (Å²) in [5.41, 5.74) is 3.11. The monoisotopic (exact) mass is 359 g/mol. The van der Waals surface area contributed by atoms with Crippen molar-refractivity contribution in [1.29, 1.82) is 0 Å². The minimum Gasteiger partial charge on any atom is -0.497 e. The first-order chi connectivity index (χ1) is 11.9. The van der Waals surface area contributed by atoms with Crippen LogP contribution < -0.4 is 9.64 Å². The highest BCUT2D eigenvalue weighted by atomic mass is 32.2. The van der Waals surface area contributed by atoms with Crippen molar-refractivity contribution in [2.24, 2.45) is 0 Å². The number of benzene rings is 2. The van der Waals surface area contributed by atoms with Crippen LogP contribution >= 0.6 is 0 Å². The van der Waals surface area contributed by atoms with Gasteiger partial charge in [0.05, 0.1) is 12.9 Å². The summed E-state index contributed by atoms with van der Waals surface area (Å²) in [6.45, 7) is 0.647. The zero-order valence-corrected chi connectivity index (χ0v) is 15.2. The average Bonchev–Trinajstić information content (AvgIpc) is 2.58. The molecule has 25 heavy (non-hydrogen) atoms. The van der Waals surface area contributed by atoms with Gasteiger partial charge in [-0.25, -0.2) is 8.42 Å². The third-order valence-corrected chi connectivity index (χ3v) is 5.11. The number of aryl methyl sites for hydroxylation is 1. The van der Waals surface area contributed by atoms with Gasteiger partial charge in [0.1, 0.15) is 5.75 Å². The standard InChI is InChI=1S/C19H21NO4S/c1-24-17-8-9-18-15(12-17)7-4-10-20(18)19(21)16-6-3-5-14(11-16)13-25(2,22)23/h3,5-6,8-9,11-12H,4,7,10,13H2,1-2H3. The maximum Gasteiger partial charge on any atom is 0.258 e. The second kappa shape index (κ2) is 6.88. The van der Waals surface area contributed by atoms with Crippen molar-refractivity contribution in [2.75, 3.05) is 24.8 Å². The summed E-state index contributed by atoms with van der Waals surface area (Å²) in [6, 6.07) is 12.6. The minimum atomic E-state index is -3.14. The highest BCUT2D eigenvalue weighted by Crippen LogP contribution is 2.31. The van der Waals surface area contributed by atoms with Gasteiger partial charge in [-0.05, 0) is 54.3 Å². The molecule has 0 atom stereocenters. The van der Waals surface area contributed by atoms with Crippen molar-refractivity contribution in [3.8, 4) is 5.75 Å². The summed E-state index contributed by atoms with van der Waals surface area (Å²) in [6.07, 6.45) is 2.98. The molecule has 2 aromatic carbocycles. The number of ether oxygens (including phenoxy) is 1. The number of methoxy groups -OCH3 is 1. The number of sulfone groups is 1. The number of rotatable bonds is 4. The van der Waals surface area contributed by atoms with Crippen LogP contribution in [0.25, 0.3) is 0 Å². The van der Waals surface area contributed by atoms with E-state index in [1.807, 2.05) is 18.2 Å². The molecule has 0 aromatic heterocycles. The van der Waals surface area contributed by atoms with Crippen LogP contribution in [0.1, 0.15) is 27.9 Å². The van der Waals surface area contributed by atoms with Crippen molar-refractivity contribution in [1.82, 2.24) is 0 Å². The van der Waals surface area contributed by atoms with E-state index in [0.29, 0.717) is 17.7 Å². The first kappa shape index (κ1) is 17.5. The lowest BCUT2D eigenvalue weighted by molar-refractivity contribution is 0.0985. The van der Waals surface area contributed by atoms with Crippen LogP contribution in [-0.4, -0.2) is 34.2 Å². The second-order valence-electron chi connectivity index (χ2n) is 6.33. The molecular weight excluding hydrogens is 338 g/mol. The third kappa shape index (κ3) is 4.02. The molecular formula is C19H21NO4S. The van der Waals surface area contributed by atoms with Gasteiger partial charge in [0.25, 0.3) is 5.91 Å². The molecule has 1 aliphatic rings. The van der Waals surface area contributed by atoms with E-state index in [2.05, 4.69) is 0 Å². The third-order valence-electron chi connectivity index (χ3n) is 4.25. The van der Waals surface area contributed by atoms with Crippen molar-refractivity contribution in [3.63, 3.8) is 0 Å². The fraction of sp³-hybridized carbons (Fsp3) is 0.316. The molecule has 0 radical (unpaired) electrons. The van der Waals surface area contributed by atoms with Crippen LogP contribution in [0.5, 0.6) is 5.75 Å². The molecule has 1 aliphatic heterocycles. The van der Waals surface area contributed by atoms with Gasteiger partial charge in [0, 0.05) is 24.1 Å². The first-order valence-corrected chi connectivity index (χ1v) is 10.2. The van der Waals surface area contributed by atoms with Crippen molar-refractivity contribution in [3.05, 3.63) is 59.2 Å². The molecule has 0 saturated carbocycles. The van der Waals surface area contributed by atoms with Gasteiger partial charge in [0.15, 0.2) is 9.84 Å². The topological polar surface area (TPSA) is 63.7 Å². The molecule has 6 heteroatoms. The molecule has 2 aromatic rings. The van der Waals surface area contributed by atoms with E-state index >= 15 is 0 Å². The molecule has 1 amide bonds. The Morgan fingerprint density at radius 1 is 1.20 bits per heavy atom. The SMILES string of the molecule is COc1ccc2c(c1)CCCN2C(=O)c1cccc(CS(C)(=O)=O)c1.